The standard InChI is InChI=1S/C14H16O2/c1-10-3-2-4-12(9-10)14(16)11-5-7-13(15)8-6-11/h2-4,9,11H,5-8H2,1H3. The molecule has 0 aliphatic heterocycles. The number of hydrogen-bond donors (Lipinski definition) is 0. The van der Waals surface area contributed by atoms with Gasteiger partial charge in [-0.1, -0.05) is 23.8 Å². The van der Waals surface area contributed by atoms with E-state index >= 15 is 0 Å². The molecule has 0 N–H and O–H groups in total. The van der Waals surface area contributed by atoms with Crippen LogP contribution in [-0.2, 0) is 4.79 Å². The lowest BCUT2D eigenvalue weighted by Gasteiger charge is -2.19. The molecule has 0 radical (unpaired) electrons. The smallest absolute Gasteiger partial charge is 0.165 e. The fourth-order valence-electron chi connectivity index (χ4n) is 2.24. The van der Waals surface area contributed by atoms with Gasteiger partial charge < -0.3 is 0 Å². The first-order valence-electron chi connectivity index (χ1n) is 5.79. The normalized spacial score (nSPS) is 17.4. The predicted molar refractivity (Wildman–Crippen MR) is 62.5 cm³/mol. The highest BCUT2D eigenvalue weighted by atomic mass is 16.1. The lowest BCUT2D eigenvalue weighted by atomic mass is 9.83. The summed E-state index contributed by atoms with van der Waals surface area (Å²) in [5.74, 6) is 0.559. The Kier molecular flexibility index (Phi) is 3.18. The largest absolute Gasteiger partial charge is 0.300 e. The van der Waals surface area contributed by atoms with Crippen molar-refractivity contribution in [3.8, 4) is 0 Å². The van der Waals surface area contributed by atoms with Gasteiger partial charge in [0.15, 0.2) is 5.78 Å². The van der Waals surface area contributed by atoms with Gasteiger partial charge in [-0.3, -0.25) is 9.59 Å². The van der Waals surface area contributed by atoms with Crippen molar-refractivity contribution in [1.82, 2.24) is 0 Å². The van der Waals surface area contributed by atoms with E-state index in [0.29, 0.717) is 18.6 Å². The van der Waals surface area contributed by atoms with Gasteiger partial charge in [0.2, 0.25) is 0 Å². The van der Waals surface area contributed by atoms with E-state index < -0.39 is 0 Å². The number of rotatable bonds is 2. The molecular weight excluding hydrogens is 200 g/mol. The highest BCUT2D eigenvalue weighted by Gasteiger charge is 2.25. The van der Waals surface area contributed by atoms with Gasteiger partial charge in [-0.15, -0.1) is 0 Å². The van der Waals surface area contributed by atoms with Crippen LogP contribution in [0.5, 0.6) is 0 Å². The first-order chi connectivity index (χ1) is 7.66. The molecule has 0 heterocycles. The molecule has 0 aromatic heterocycles. The third-order valence-electron chi connectivity index (χ3n) is 3.22. The first kappa shape index (κ1) is 11.1. The Morgan fingerprint density at radius 2 is 1.94 bits per heavy atom. The van der Waals surface area contributed by atoms with Crippen molar-refractivity contribution in [3.63, 3.8) is 0 Å². The topological polar surface area (TPSA) is 34.1 Å². The minimum Gasteiger partial charge on any atom is -0.300 e. The zero-order valence-electron chi connectivity index (χ0n) is 9.53. The zero-order valence-corrected chi connectivity index (χ0v) is 9.53. The molecule has 1 aliphatic carbocycles. The Morgan fingerprint density at radius 1 is 1.25 bits per heavy atom. The van der Waals surface area contributed by atoms with Gasteiger partial charge >= 0.3 is 0 Å². The van der Waals surface area contributed by atoms with Crippen molar-refractivity contribution in [1.29, 1.82) is 0 Å². The molecule has 1 aromatic rings. The first-order valence-corrected chi connectivity index (χ1v) is 5.79. The fourth-order valence-corrected chi connectivity index (χ4v) is 2.24. The van der Waals surface area contributed by atoms with Crippen LogP contribution < -0.4 is 0 Å². The average molecular weight is 216 g/mol. The quantitative estimate of drug-likeness (QED) is 0.712. The average Bonchev–Trinajstić information content (AvgIpc) is 2.29. The lowest BCUT2D eigenvalue weighted by molar-refractivity contribution is -0.120. The summed E-state index contributed by atoms with van der Waals surface area (Å²) in [6.07, 6.45) is 2.60. The van der Waals surface area contributed by atoms with Crippen LogP contribution in [0.25, 0.3) is 0 Å². The van der Waals surface area contributed by atoms with Gasteiger partial charge in [-0.05, 0) is 25.8 Å². The van der Waals surface area contributed by atoms with Crippen molar-refractivity contribution in [2.75, 3.05) is 0 Å². The van der Waals surface area contributed by atoms with E-state index in [9.17, 15) is 9.59 Å². The van der Waals surface area contributed by atoms with Crippen molar-refractivity contribution in [3.05, 3.63) is 35.4 Å². The third-order valence-corrected chi connectivity index (χ3v) is 3.22. The number of benzene rings is 1. The van der Waals surface area contributed by atoms with Crippen LogP contribution in [0.2, 0.25) is 0 Å². The number of aryl methyl sites for hydroxylation is 1. The van der Waals surface area contributed by atoms with Crippen LogP contribution in [0, 0.1) is 12.8 Å². The van der Waals surface area contributed by atoms with Gasteiger partial charge in [0.25, 0.3) is 0 Å². The minimum atomic E-state index is 0.0551. The van der Waals surface area contributed by atoms with E-state index in [-0.39, 0.29) is 11.7 Å². The van der Waals surface area contributed by atoms with E-state index in [1.54, 1.807) is 0 Å². The molecule has 1 saturated carbocycles. The molecule has 84 valence electrons. The van der Waals surface area contributed by atoms with E-state index in [4.69, 9.17) is 0 Å². The van der Waals surface area contributed by atoms with Crippen LogP contribution >= 0.6 is 0 Å². The van der Waals surface area contributed by atoms with Gasteiger partial charge in [0.05, 0.1) is 0 Å². The molecule has 2 nitrogen and oxygen atoms in total. The van der Waals surface area contributed by atoms with E-state index in [0.717, 1.165) is 24.0 Å². The second-order valence-electron chi connectivity index (χ2n) is 4.55. The molecule has 0 bridgehead atoms. The van der Waals surface area contributed by atoms with Crippen LogP contribution in [0.3, 0.4) is 0 Å². The summed E-state index contributed by atoms with van der Waals surface area (Å²) in [4.78, 5) is 23.3. The molecule has 0 amide bonds. The summed E-state index contributed by atoms with van der Waals surface area (Å²) in [5, 5.41) is 0. The van der Waals surface area contributed by atoms with E-state index in [2.05, 4.69) is 0 Å². The van der Waals surface area contributed by atoms with Gasteiger partial charge in [0, 0.05) is 24.3 Å². The van der Waals surface area contributed by atoms with E-state index in [1.807, 2.05) is 31.2 Å². The van der Waals surface area contributed by atoms with E-state index in [1.165, 1.54) is 0 Å². The highest BCUT2D eigenvalue weighted by molar-refractivity contribution is 5.99. The molecule has 0 saturated heterocycles. The maximum Gasteiger partial charge on any atom is 0.165 e. The molecule has 0 atom stereocenters. The Balaban J connectivity index is 2.10. The molecule has 1 fully saturated rings. The Bertz CT molecular complexity index is 410. The van der Waals surface area contributed by atoms with Gasteiger partial charge in [-0.25, -0.2) is 0 Å². The molecule has 1 aliphatic rings. The Hall–Kier alpha value is -1.44. The number of ketones is 2. The molecule has 2 heteroatoms. The van der Waals surface area contributed by atoms with Crippen LogP contribution in [0.4, 0.5) is 0 Å². The van der Waals surface area contributed by atoms with Crippen molar-refractivity contribution < 1.29 is 9.59 Å². The fraction of sp³-hybridized carbons (Fsp3) is 0.429. The summed E-state index contributed by atoms with van der Waals surface area (Å²) < 4.78 is 0. The summed E-state index contributed by atoms with van der Waals surface area (Å²) in [7, 11) is 0. The monoisotopic (exact) mass is 216 g/mol. The second kappa shape index (κ2) is 4.60. The predicted octanol–water partition coefficient (Wildman–Crippen LogP) is 2.94. The Morgan fingerprint density at radius 3 is 2.56 bits per heavy atom. The number of carbonyl (C=O) groups excluding carboxylic acids is 2. The van der Waals surface area contributed by atoms with Crippen molar-refractivity contribution in [2.24, 2.45) is 5.92 Å². The van der Waals surface area contributed by atoms with Crippen LogP contribution in [0.15, 0.2) is 24.3 Å². The van der Waals surface area contributed by atoms with Crippen LogP contribution in [0.1, 0.15) is 41.6 Å². The lowest BCUT2D eigenvalue weighted by Crippen LogP contribution is -2.21. The third kappa shape index (κ3) is 2.38. The van der Waals surface area contributed by atoms with Crippen molar-refractivity contribution >= 4 is 11.6 Å². The number of Topliss-reactive ketones (excluding diaryl/α,β-unsaturated/α-hetero) is 2. The van der Waals surface area contributed by atoms with Gasteiger partial charge in [-0.2, -0.15) is 0 Å². The molecule has 16 heavy (non-hydrogen) atoms. The van der Waals surface area contributed by atoms with Crippen molar-refractivity contribution in [2.45, 2.75) is 32.6 Å². The number of hydrogen-bond acceptors (Lipinski definition) is 2. The summed E-state index contributed by atoms with van der Waals surface area (Å²) in [5.41, 5.74) is 1.90. The molecular formula is C14H16O2. The van der Waals surface area contributed by atoms with Gasteiger partial charge in [0.1, 0.15) is 5.78 Å². The zero-order chi connectivity index (χ0) is 11.5. The summed E-state index contributed by atoms with van der Waals surface area (Å²) in [6.45, 7) is 1.99. The maximum atomic E-state index is 12.1. The molecule has 1 aromatic carbocycles. The molecule has 0 spiro atoms. The second-order valence-corrected chi connectivity index (χ2v) is 4.55. The summed E-state index contributed by atoms with van der Waals surface area (Å²) in [6, 6.07) is 7.70. The SMILES string of the molecule is Cc1cccc(C(=O)C2CCC(=O)CC2)c1. The number of carbonyl (C=O) groups is 2. The maximum absolute atomic E-state index is 12.1. The Labute approximate surface area is 95.7 Å². The molecule has 0 unspecified atom stereocenters. The summed E-state index contributed by atoms with van der Waals surface area (Å²) >= 11 is 0. The molecule has 2 rings (SSSR count). The van der Waals surface area contributed by atoms with Crippen LogP contribution in [-0.4, -0.2) is 11.6 Å². The highest BCUT2D eigenvalue weighted by Crippen LogP contribution is 2.25. The minimum absolute atomic E-state index is 0.0551.